The summed E-state index contributed by atoms with van der Waals surface area (Å²) < 4.78 is 5.00. The third kappa shape index (κ3) is 21.7. The van der Waals surface area contributed by atoms with Crippen LogP contribution in [0.3, 0.4) is 0 Å². The maximum Gasteiger partial charge on any atom is 2.00 e. The number of carboxylic acids is 1. The Kier molecular flexibility index (Phi) is 35.2. The van der Waals surface area contributed by atoms with Gasteiger partial charge in [-0.15, -0.1) is 0 Å². The molecule has 7 aromatic rings. The van der Waals surface area contributed by atoms with Gasteiger partial charge in [0.25, 0.3) is 0 Å². The third-order valence-electron chi connectivity index (χ3n) is 20.5. The number of unbranched alkanes of at least 4 members (excludes halogenated alkanes) is 2. The summed E-state index contributed by atoms with van der Waals surface area (Å²) in [5.41, 5.74) is 11.7. The number of allylic oxidation sites excluding steroid dienone is 2. The van der Waals surface area contributed by atoms with Gasteiger partial charge in [-0.2, -0.15) is 14.1 Å². The second-order valence-corrected chi connectivity index (χ2v) is 27.2. The van der Waals surface area contributed by atoms with E-state index < -0.39 is 18.2 Å². The molecule has 3 N–H and O–H groups in total. The average molecular weight is 1410 g/mol. The number of carbonyl (C=O) groups is 3. The molecule has 0 saturated heterocycles. The van der Waals surface area contributed by atoms with Crippen molar-refractivity contribution >= 4 is 69.6 Å². The van der Waals surface area contributed by atoms with Crippen LogP contribution in [0.2, 0.25) is 0 Å². The molecule has 0 bridgehead atoms. The fraction of sp³-hybridized carbons (Fsp3) is 0.391. The molecule has 524 valence electrons. The molecule has 0 spiro atoms. The number of rotatable bonds is 20. The van der Waals surface area contributed by atoms with Gasteiger partial charge in [-0.1, -0.05) is 256 Å². The number of carboxylic acid groups (broad SMARTS) is 3. The third-order valence-corrected chi connectivity index (χ3v) is 20.5. The molecule has 0 aromatic heterocycles. The van der Waals surface area contributed by atoms with E-state index in [4.69, 9.17) is 0 Å². The molecule has 4 aliphatic carbocycles. The number of aromatic carboxylic acids is 1. The Morgan fingerprint density at radius 2 is 0.857 bits per heavy atom. The number of fused-ring (bicyclic) bond motifs is 4. The van der Waals surface area contributed by atoms with Crippen molar-refractivity contribution in [2.45, 2.75) is 192 Å². The molecule has 4 saturated carbocycles. The zero-order valence-corrected chi connectivity index (χ0v) is 61.8. The van der Waals surface area contributed by atoms with Gasteiger partial charge in [0.05, 0.1) is 22.1 Å². The van der Waals surface area contributed by atoms with Gasteiger partial charge in [-0.05, 0) is 127 Å². The number of hydrogen-bond acceptors (Lipinski definition) is 3. The standard InChI is InChI=1S/C39H40N2O4.C34H37NO2.2C5H10.4CH3.2Fe/c1-39(27-30-14-3-2-4-15-30)35(25-20-29-18-22-32(23-19-29)41(37(42)43)38(44)45)40(26-10-9-13-28-11-5-6-12-28)34-24-21-31-16-7-8-17-33(31)36(34)39;1-34(25-28-17-6-3-7-18-28)30-24-29(33(36)37)20-21-31(30)35(23-11-10-16-26-14-8-9-15-26)32(34)22-19-27-12-4-2-5-13-27;2*1-2-4-5-3-1;;;;;;/h2-4,7-8,14-25,28H,5-6,9-13,26-27H2,1H3,(H-,42,43,44,45);2-7,12-13,17-22,24,26H,8-11,14-16,23,25H2,1H3;2*1-5H2;4*1H3;;/q;;;;4*-1;2*+2/p+2/b;22-19+;;;;;;;;. The maximum absolute atomic E-state index is 11.9. The fourth-order valence-corrected chi connectivity index (χ4v) is 15.7. The van der Waals surface area contributed by atoms with E-state index in [0.717, 1.165) is 67.4 Å². The van der Waals surface area contributed by atoms with Crippen LogP contribution >= 0.6 is 0 Å². The minimum Gasteiger partial charge on any atom is -0.478 e. The normalized spacial score (nSPS) is 18.2. The SMILES string of the molecule is C1CCCC1.C1CCCC1.CC1(Cc2ccccc2)C(/C=C/c2ccc(N(C(=O)O)C(=O)O)cc2)=[N+](CCCCC2CCCC2)c2ccc3ccccc3c21.CC1(Cc2ccccc2)C(/C=C/c2ccccc2)=[N+](CCCCC2CCCC2)c2ccc(C(=O)O)cc21.[CH3-].[CH3-].[CH3-].[CH3-].[Fe+2].[Fe+2]. The number of nitrogens with zero attached hydrogens (tertiary/aromatic N) is 3. The van der Waals surface area contributed by atoms with E-state index in [1.807, 2.05) is 24.3 Å². The Bertz CT molecular complexity index is 3660. The van der Waals surface area contributed by atoms with Crippen molar-refractivity contribution in [3.63, 3.8) is 0 Å². The van der Waals surface area contributed by atoms with Crippen LogP contribution in [-0.2, 0) is 57.8 Å². The van der Waals surface area contributed by atoms with E-state index in [1.165, 1.54) is 204 Å². The quantitative estimate of drug-likeness (QED) is 0.0303. The average Bonchev–Trinajstić information content (AvgIpc) is 1.57. The molecule has 0 radical (unpaired) electrons. The van der Waals surface area contributed by atoms with Gasteiger partial charge in [0.2, 0.25) is 11.4 Å². The first kappa shape index (κ1) is 83.3. The van der Waals surface area contributed by atoms with Crippen LogP contribution in [-0.4, -0.2) is 67.1 Å². The van der Waals surface area contributed by atoms with Crippen LogP contribution < -0.4 is 4.90 Å². The van der Waals surface area contributed by atoms with Crippen LogP contribution in [0.15, 0.2) is 182 Å². The van der Waals surface area contributed by atoms with Crippen molar-refractivity contribution in [2.75, 3.05) is 18.0 Å². The smallest absolute Gasteiger partial charge is 0.478 e. The fourth-order valence-electron chi connectivity index (χ4n) is 15.7. The molecular weight excluding hydrogens is 1290 g/mol. The minimum atomic E-state index is -1.53. The largest absolute Gasteiger partial charge is 2.00 e. The summed E-state index contributed by atoms with van der Waals surface area (Å²) in [5, 5.41) is 31.0. The predicted octanol–water partition coefficient (Wildman–Crippen LogP) is 23.4. The molecule has 6 aliphatic rings. The molecular formula is C87H111Fe2N3O6+2. The van der Waals surface area contributed by atoms with E-state index in [0.29, 0.717) is 10.5 Å². The van der Waals surface area contributed by atoms with E-state index >= 15 is 0 Å². The molecule has 11 heteroatoms. The first-order valence-corrected chi connectivity index (χ1v) is 34.9. The summed E-state index contributed by atoms with van der Waals surface area (Å²) in [6, 6.07) is 57.2. The first-order valence-electron chi connectivity index (χ1n) is 34.9. The van der Waals surface area contributed by atoms with Crippen molar-refractivity contribution in [3.8, 4) is 0 Å². The van der Waals surface area contributed by atoms with Crippen LogP contribution in [0.25, 0.3) is 22.9 Å². The van der Waals surface area contributed by atoms with Gasteiger partial charge in [0.1, 0.15) is 13.1 Å². The van der Waals surface area contributed by atoms with Crippen molar-refractivity contribution in [1.82, 2.24) is 0 Å². The van der Waals surface area contributed by atoms with Crippen LogP contribution in [0.1, 0.15) is 212 Å². The Hall–Kier alpha value is -7.13. The molecule has 7 aromatic carbocycles. The van der Waals surface area contributed by atoms with Crippen LogP contribution in [0.5, 0.6) is 0 Å². The van der Waals surface area contributed by atoms with E-state index in [-0.39, 0.29) is 80.4 Å². The Balaban J connectivity index is 0.000000348. The number of benzene rings is 7. The van der Waals surface area contributed by atoms with E-state index in [1.54, 1.807) is 18.2 Å². The summed E-state index contributed by atoms with van der Waals surface area (Å²) in [4.78, 5) is 35.3. The Morgan fingerprint density at radius 3 is 1.33 bits per heavy atom. The molecule has 13 rings (SSSR count). The summed E-state index contributed by atoms with van der Waals surface area (Å²) in [6.45, 7) is 6.54. The number of amides is 2. The van der Waals surface area contributed by atoms with Gasteiger partial charge in [0.15, 0.2) is 11.4 Å². The monoisotopic (exact) mass is 1410 g/mol. The number of hydrogen-bond donors (Lipinski definition) is 3. The molecule has 9 nitrogen and oxygen atoms in total. The predicted molar refractivity (Wildman–Crippen MR) is 405 cm³/mol. The number of imide groups is 1. The summed E-state index contributed by atoms with van der Waals surface area (Å²) >= 11 is 0. The van der Waals surface area contributed by atoms with Crippen molar-refractivity contribution in [2.24, 2.45) is 11.8 Å². The number of anilines is 1. The van der Waals surface area contributed by atoms with E-state index in [9.17, 15) is 29.7 Å². The molecule has 4 fully saturated rings. The van der Waals surface area contributed by atoms with E-state index in [2.05, 4.69) is 163 Å². The molecule has 2 unspecified atom stereocenters. The topological polar surface area (TPSA) is 121 Å². The second-order valence-electron chi connectivity index (χ2n) is 27.2. The second kappa shape index (κ2) is 41.4. The maximum atomic E-state index is 11.9. The van der Waals surface area contributed by atoms with Crippen LogP contribution in [0.4, 0.5) is 26.7 Å². The summed E-state index contributed by atoms with van der Waals surface area (Å²) in [6.07, 6.45) is 40.8. The summed E-state index contributed by atoms with van der Waals surface area (Å²) in [7, 11) is 0. The van der Waals surface area contributed by atoms with Gasteiger partial charge in [-0.3, -0.25) is 0 Å². The van der Waals surface area contributed by atoms with Crippen molar-refractivity contribution < 1.29 is 73.0 Å². The first-order chi connectivity index (χ1) is 44.9. The van der Waals surface area contributed by atoms with Crippen molar-refractivity contribution in [1.29, 1.82) is 0 Å². The molecule has 2 heterocycles. The molecule has 2 atom stereocenters. The van der Waals surface area contributed by atoms with Gasteiger partial charge < -0.3 is 45.0 Å². The van der Waals surface area contributed by atoms with Gasteiger partial charge >= 0.3 is 52.3 Å². The molecule has 2 amide bonds. The zero-order chi connectivity index (χ0) is 64.1. The zero-order valence-electron chi connectivity index (χ0n) is 59.5. The van der Waals surface area contributed by atoms with Gasteiger partial charge in [0, 0.05) is 48.3 Å². The van der Waals surface area contributed by atoms with Crippen molar-refractivity contribution in [3.05, 3.63) is 251 Å². The van der Waals surface area contributed by atoms with Crippen LogP contribution in [0, 0.1) is 41.5 Å². The summed E-state index contributed by atoms with van der Waals surface area (Å²) in [5.74, 6) is 0.919. The Labute approximate surface area is 610 Å². The minimum absolute atomic E-state index is 0. The molecule has 98 heavy (non-hydrogen) atoms. The Morgan fingerprint density at radius 1 is 0.449 bits per heavy atom. The van der Waals surface area contributed by atoms with Gasteiger partial charge in [-0.25, -0.2) is 14.4 Å². The molecule has 2 aliphatic heterocycles.